The van der Waals surface area contributed by atoms with E-state index in [4.69, 9.17) is 0 Å². The molecule has 1 nitrogen and oxygen atoms in total. The van der Waals surface area contributed by atoms with Gasteiger partial charge in [0.15, 0.2) is 0 Å². The second-order valence-corrected chi connectivity index (χ2v) is 5.19. The Hall–Kier alpha value is 0.660. The van der Waals surface area contributed by atoms with Gasteiger partial charge in [0.2, 0.25) is 0 Å². The maximum Gasteiger partial charge on any atom is 0.00280 e. The zero-order chi connectivity index (χ0) is 9.23. The molecule has 0 aliphatic heterocycles. The van der Waals surface area contributed by atoms with Gasteiger partial charge in [-0.05, 0) is 44.2 Å². The van der Waals surface area contributed by atoms with Gasteiger partial charge in [-0.25, -0.2) is 0 Å². The number of thioether (sulfide) groups is 2. The standard InChI is InChI=1S/C9H21NS2/c1-9(12-3)5-7-10-6-4-8-11-2/h9-10H,4-8H2,1-3H3. The fraction of sp³-hybridized carbons (Fsp3) is 1.00. The molecule has 1 N–H and O–H groups in total. The molecule has 0 saturated heterocycles. The number of hydrogen-bond acceptors (Lipinski definition) is 3. The van der Waals surface area contributed by atoms with E-state index in [1.165, 1.54) is 31.7 Å². The van der Waals surface area contributed by atoms with E-state index >= 15 is 0 Å². The Morgan fingerprint density at radius 1 is 1.25 bits per heavy atom. The van der Waals surface area contributed by atoms with Gasteiger partial charge in [0.25, 0.3) is 0 Å². The highest BCUT2D eigenvalue weighted by atomic mass is 32.2. The van der Waals surface area contributed by atoms with Crippen molar-refractivity contribution in [1.29, 1.82) is 0 Å². The molecular formula is C9H21NS2. The second kappa shape index (κ2) is 9.75. The lowest BCUT2D eigenvalue weighted by Gasteiger charge is -2.08. The molecule has 0 amide bonds. The Bertz CT molecular complexity index is 88.6. The number of hydrogen-bond donors (Lipinski definition) is 1. The summed E-state index contributed by atoms with van der Waals surface area (Å²) in [6.07, 6.45) is 6.93. The maximum absolute atomic E-state index is 3.46. The fourth-order valence-electron chi connectivity index (χ4n) is 0.890. The van der Waals surface area contributed by atoms with Gasteiger partial charge in [0, 0.05) is 5.25 Å². The number of nitrogens with one attached hydrogen (secondary N) is 1. The van der Waals surface area contributed by atoms with E-state index in [2.05, 4.69) is 24.8 Å². The van der Waals surface area contributed by atoms with Crippen LogP contribution in [0.2, 0.25) is 0 Å². The summed E-state index contributed by atoms with van der Waals surface area (Å²) in [6, 6.07) is 0. The van der Waals surface area contributed by atoms with Crippen molar-refractivity contribution in [3.63, 3.8) is 0 Å². The van der Waals surface area contributed by atoms with Crippen molar-refractivity contribution in [3.8, 4) is 0 Å². The average molecular weight is 207 g/mol. The first kappa shape index (κ1) is 12.7. The number of rotatable bonds is 8. The Kier molecular flexibility index (Phi) is 10.3. The summed E-state index contributed by atoms with van der Waals surface area (Å²) < 4.78 is 0. The van der Waals surface area contributed by atoms with Crippen LogP contribution in [0.25, 0.3) is 0 Å². The smallest absolute Gasteiger partial charge is 0.00280 e. The molecule has 0 aromatic rings. The lowest BCUT2D eigenvalue weighted by atomic mass is 10.3. The van der Waals surface area contributed by atoms with Gasteiger partial charge in [-0.3, -0.25) is 0 Å². The van der Waals surface area contributed by atoms with Crippen LogP contribution in [0.5, 0.6) is 0 Å². The maximum atomic E-state index is 3.46. The first-order valence-electron chi connectivity index (χ1n) is 4.53. The van der Waals surface area contributed by atoms with Crippen LogP contribution in [0.1, 0.15) is 19.8 Å². The second-order valence-electron chi connectivity index (χ2n) is 2.93. The molecule has 0 fully saturated rings. The molecule has 0 spiro atoms. The van der Waals surface area contributed by atoms with E-state index in [0.717, 1.165) is 5.25 Å². The molecule has 0 radical (unpaired) electrons. The first-order valence-corrected chi connectivity index (χ1v) is 7.22. The van der Waals surface area contributed by atoms with Crippen LogP contribution in [0.3, 0.4) is 0 Å². The molecule has 0 heterocycles. The molecule has 12 heavy (non-hydrogen) atoms. The third kappa shape index (κ3) is 8.75. The van der Waals surface area contributed by atoms with Crippen molar-refractivity contribution in [1.82, 2.24) is 5.32 Å². The molecule has 0 aromatic carbocycles. The van der Waals surface area contributed by atoms with E-state index in [9.17, 15) is 0 Å². The molecular weight excluding hydrogens is 186 g/mol. The van der Waals surface area contributed by atoms with E-state index in [-0.39, 0.29) is 0 Å². The topological polar surface area (TPSA) is 12.0 Å². The summed E-state index contributed by atoms with van der Waals surface area (Å²) >= 11 is 3.88. The van der Waals surface area contributed by atoms with Crippen LogP contribution in [-0.2, 0) is 0 Å². The summed E-state index contributed by atoms with van der Waals surface area (Å²) in [6.45, 7) is 4.65. The van der Waals surface area contributed by atoms with Crippen LogP contribution in [0.15, 0.2) is 0 Å². The zero-order valence-electron chi connectivity index (χ0n) is 8.43. The van der Waals surface area contributed by atoms with E-state index in [1.807, 2.05) is 23.5 Å². The van der Waals surface area contributed by atoms with Crippen LogP contribution in [0, 0.1) is 0 Å². The van der Waals surface area contributed by atoms with Gasteiger partial charge in [0.1, 0.15) is 0 Å². The summed E-state index contributed by atoms with van der Waals surface area (Å²) in [5.41, 5.74) is 0. The monoisotopic (exact) mass is 207 g/mol. The highest BCUT2D eigenvalue weighted by Crippen LogP contribution is 2.07. The van der Waals surface area contributed by atoms with Crippen molar-refractivity contribution in [2.45, 2.75) is 25.0 Å². The van der Waals surface area contributed by atoms with Gasteiger partial charge >= 0.3 is 0 Å². The quantitative estimate of drug-likeness (QED) is 0.614. The Morgan fingerprint density at radius 2 is 2.00 bits per heavy atom. The fourth-order valence-corrected chi connectivity index (χ4v) is 1.68. The van der Waals surface area contributed by atoms with Crippen LogP contribution < -0.4 is 5.32 Å². The molecule has 1 unspecified atom stereocenters. The summed E-state index contributed by atoms with van der Waals surface area (Å²) in [7, 11) is 0. The van der Waals surface area contributed by atoms with Crippen molar-refractivity contribution in [2.75, 3.05) is 31.4 Å². The van der Waals surface area contributed by atoms with Gasteiger partial charge < -0.3 is 5.32 Å². The van der Waals surface area contributed by atoms with Gasteiger partial charge in [-0.1, -0.05) is 6.92 Å². The predicted molar refractivity (Wildman–Crippen MR) is 63.5 cm³/mol. The molecule has 0 aliphatic carbocycles. The van der Waals surface area contributed by atoms with Crippen LogP contribution in [-0.4, -0.2) is 36.6 Å². The lowest BCUT2D eigenvalue weighted by Crippen LogP contribution is -2.19. The highest BCUT2D eigenvalue weighted by Gasteiger charge is 1.96. The van der Waals surface area contributed by atoms with E-state index in [0.29, 0.717) is 0 Å². The van der Waals surface area contributed by atoms with Gasteiger partial charge in [0.05, 0.1) is 0 Å². The molecule has 0 bridgehead atoms. The van der Waals surface area contributed by atoms with E-state index < -0.39 is 0 Å². The van der Waals surface area contributed by atoms with Crippen molar-refractivity contribution >= 4 is 23.5 Å². The highest BCUT2D eigenvalue weighted by molar-refractivity contribution is 7.99. The van der Waals surface area contributed by atoms with Gasteiger partial charge in [-0.15, -0.1) is 0 Å². The van der Waals surface area contributed by atoms with Crippen molar-refractivity contribution < 1.29 is 0 Å². The lowest BCUT2D eigenvalue weighted by molar-refractivity contribution is 0.641. The zero-order valence-corrected chi connectivity index (χ0v) is 10.1. The molecule has 0 aromatic heterocycles. The summed E-state index contributed by atoms with van der Waals surface area (Å²) in [5.74, 6) is 1.28. The molecule has 74 valence electrons. The van der Waals surface area contributed by atoms with Crippen LogP contribution in [0.4, 0.5) is 0 Å². The van der Waals surface area contributed by atoms with Gasteiger partial charge in [-0.2, -0.15) is 23.5 Å². The molecule has 0 saturated carbocycles. The molecule has 0 rings (SSSR count). The minimum Gasteiger partial charge on any atom is -0.317 e. The first-order chi connectivity index (χ1) is 5.81. The van der Waals surface area contributed by atoms with Crippen LogP contribution >= 0.6 is 23.5 Å². The van der Waals surface area contributed by atoms with Crippen molar-refractivity contribution in [3.05, 3.63) is 0 Å². The summed E-state index contributed by atoms with van der Waals surface area (Å²) in [4.78, 5) is 0. The summed E-state index contributed by atoms with van der Waals surface area (Å²) in [5, 5.41) is 4.26. The normalized spacial score (nSPS) is 13.2. The van der Waals surface area contributed by atoms with Crippen molar-refractivity contribution in [2.24, 2.45) is 0 Å². The Labute approximate surface area is 85.5 Å². The molecule has 3 heteroatoms. The Morgan fingerprint density at radius 3 is 2.58 bits per heavy atom. The molecule has 0 aliphatic rings. The molecule has 1 atom stereocenters. The minimum atomic E-state index is 0.804. The largest absolute Gasteiger partial charge is 0.317 e. The third-order valence-corrected chi connectivity index (χ3v) is 3.57. The SMILES string of the molecule is CSCCCNCCC(C)SC. The predicted octanol–water partition coefficient (Wildman–Crippen LogP) is 2.47. The Balaban J connectivity index is 2.90. The third-order valence-electron chi connectivity index (χ3n) is 1.83. The minimum absolute atomic E-state index is 0.804. The average Bonchev–Trinajstić information content (AvgIpc) is 2.10. The van der Waals surface area contributed by atoms with E-state index in [1.54, 1.807) is 0 Å².